The molecular formula is C10H15N5O2S2. The third-order valence-corrected chi connectivity index (χ3v) is 3.95. The molecule has 0 aliphatic heterocycles. The van der Waals surface area contributed by atoms with Crippen molar-refractivity contribution in [3.8, 4) is 11.5 Å². The summed E-state index contributed by atoms with van der Waals surface area (Å²) >= 11 is 1.47. The zero-order valence-corrected chi connectivity index (χ0v) is 12.5. The molecule has 0 radical (unpaired) electrons. The molecule has 2 rings (SSSR count). The van der Waals surface area contributed by atoms with Crippen molar-refractivity contribution >= 4 is 21.4 Å². The number of primary sulfonamides is 1. The Labute approximate surface area is 115 Å². The molecule has 0 unspecified atom stereocenters. The van der Waals surface area contributed by atoms with Crippen molar-refractivity contribution in [2.75, 3.05) is 0 Å². The summed E-state index contributed by atoms with van der Waals surface area (Å²) in [7, 11) is -3.89. The van der Waals surface area contributed by atoms with Gasteiger partial charge in [0, 0.05) is 11.9 Å². The van der Waals surface area contributed by atoms with Gasteiger partial charge in [-0.05, 0) is 12.8 Å². The molecule has 0 saturated carbocycles. The fourth-order valence-corrected chi connectivity index (χ4v) is 2.90. The van der Waals surface area contributed by atoms with Gasteiger partial charge in [0.05, 0.1) is 5.01 Å². The van der Waals surface area contributed by atoms with E-state index in [1.807, 2.05) is 26.2 Å². The van der Waals surface area contributed by atoms with Gasteiger partial charge in [0.15, 0.2) is 5.82 Å². The van der Waals surface area contributed by atoms with Crippen molar-refractivity contribution in [1.29, 1.82) is 0 Å². The van der Waals surface area contributed by atoms with E-state index in [0.717, 1.165) is 5.01 Å². The minimum atomic E-state index is -3.89. The van der Waals surface area contributed by atoms with Crippen LogP contribution >= 0.6 is 11.3 Å². The second-order valence-electron chi connectivity index (χ2n) is 4.61. The number of aryl methyl sites for hydroxylation is 1. The van der Waals surface area contributed by atoms with Gasteiger partial charge in [0.1, 0.15) is 5.69 Å². The summed E-state index contributed by atoms with van der Waals surface area (Å²) in [4.78, 5) is 4.30. The van der Waals surface area contributed by atoms with Gasteiger partial charge in [-0.25, -0.2) is 18.5 Å². The van der Waals surface area contributed by atoms with Crippen molar-refractivity contribution in [2.45, 2.75) is 32.5 Å². The van der Waals surface area contributed by atoms with Crippen molar-refractivity contribution < 1.29 is 8.42 Å². The molecule has 0 bridgehead atoms. The zero-order chi connectivity index (χ0) is 14.2. The maximum absolute atomic E-state index is 11.5. The van der Waals surface area contributed by atoms with Crippen molar-refractivity contribution in [2.24, 2.45) is 11.1 Å². The minimum absolute atomic E-state index is 0.221. The summed E-state index contributed by atoms with van der Waals surface area (Å²) in [6.07, 6.45) is 0. The van der Waals surface area contributed by atoms with Crippen LogP contribution in [0.3, 0.4) is 0 Å². The molecule has 0 aromatic carbocycles. The number of hydrogen-bond acceptors (Lipinski definition) is 6. The van der Waals surface area contributed by atoms with E-state index in [-0.39, 0.29) is 11.1 Å². The molecule has 0 aliphatic carbocycles. The second kappa shape index (κ2) is 4.99. The third-order valence-electron chi connectivity index (χ3n) is 2.37. The third kappa shape index (κ3) is 2.99. The minimum Gasteiger partial charge on any atom is -0.295 e. The number of aromatic nitrogens is 4. The molecule has 0 aliphatic rings. The van der Waals surface area contributed by atoms with Crippen LogP contribution in [0.25, 0.3) is 11.5 Å². The predicted molar refractivity (Wildman–Crippen MR) is 72.1 cm³/mol. The number of nitrogens with two attached hydrogens (primary N) is 1. The monoisotopic (exact) mass is 301 g/mol. The molecule has 7 nitrogen and oxygen atoms in total. The van der Waals surface area contributed by atoms with Crippen LogP contribution in [-0.2, 0) is 16.6 Å². The first-order valence-electron chi connectivity index (χ1n) is 5.67. The quantitative estimate of drug-likeness (QED) is 0.907. The van der Waals surface area contributed by atoms with Gasteiger partial charge >= 0.3 is 0 Å². The maximum Gasteiger partial charge on any atom is 0.273 e. The second-order valence-corrected chi connectivity index (χ2v) is 7.12. The molecule has 2 N–H and O–H groups in total. The van der Waals surface area contributed by atoms with Crippen LogP contribution in [0.2, 0.25) is 0 Å². The first-order chi connectivity index (χ1) is 8.79. The van der Waals surface area contributed by atoms with Crippen LogP contribution < -0.4 is 5.14 Å². The highest BCUT2D eigenvalue weighted by Gasteiger charge is 2.23. The SMILES string of the molecule is Cc1nc(-c2nnc(S(N)(=O)=O)n2CC(C)C)cs1. The van der Waals surface area contributed by atoms with E-state index in [4.69, 9.17) is 5.14 Å². The number of nitrogens with zero attached hydrogens (tertiary/aromatic N) is 4. The Morgan fingerprint density at radius 2 is 2.11 bits per heavy atom. The normalized spacial score (nSPS) is 12.3. The van der Waals surface area contributed by atoms with Crippen LogP contribution in [0.15, 0.2) is 10.5 Å². The Morgan fingerprint density at radius 1 is 1.42 bits per heavy atom. The first-order valence-corrected chi connectivity index (χ1v) is 8.10. The largest absolute Gasteiger partial charge is 0.295 e. The average Bonchev–Trinajstić information content (AvgIpc) is 2.82. The summed E-state index contributed by atoms with van der Waals surface area (Å²) in [6, 6.07) is 0. The Bertz CT molecular complexity index is 687. The predicted octanol–water partition coefficient (Wildman–Crippen LogP) is 1.01. The molecule has 2 heterocycles. The van der Waals surface area contributed by atoms with Crippen LogP contribution in [-0.4, -0.2) is 28.2 Å². The smallest absolute Gasteiger partial charge is 0.273 e. The summed E-state index contributed by atoms with van der Waals surface area (Å²) in [6.45, 7) is 6.29. The topological polar surface area (TPSA) is 104 Å². The fourth-order valence-electron chi connectivity index (χ4n) is 1.68. The molecule has 2 aromatic rings. The molecule has 0 spiro atoms. The molecule has 0 amide bonds. The molecule has 2 aromatic heterocycles. The summed E-state index contributed by atoms with van der Waals surface area (Å²) < 4.78 is 24.6. The highest BCUT2D eigenvalue weighted by molar-refractivity contribution is 7.89. The molecule has 9 heteroatoms. The van der Waals surface area contributed by atoms with E-state index >= 15 is 0 Å². The zero-order valence-electron chi connectivity index (χ0n) is 10.9. The Kier molecular flexibility index (Phi) is 3.70. The number of rotatable bonds is 4. The van der Waals surface area contributed by atoms with Crippen LogP contribution in [0, 0.1) is 12.8 Å². The van der Waals surface area contributed by atoms with Gasteiger partial charge in [-0.3, -0.25) is 4.57 Å². The van der Waals surface area contributed by atoms with E-state index in [9.17, 15) is 8.42 Å². The molecule has 19 heavy (non-hydrogen) atoms. The molecule has 0 atom stereocenters. The van der Waals surface area contributed by atoms with Gasteiger partial charge in [0.2, 0.25) is 0 Å². The lowest BCUT2D eigenvalue weighted by Gasteiger charge is -2.10. The van der Waals surface area contributed by atoms with Crippen molar-refractivity contribution in [3.63, 3.8) is 0 Å². The van der Waals surface area contributed by atoms with Crippen LogP contribution in [0.1, 0.15) is 18.9 Å². The lowest BCUT2D eigenvalue weighted by atomic mass is 10.2. The van der Waals surface area contributed by atoms with E-state index in [1.54, 1.807) is 0 Å². The summed E-state index contributed by atoms with van der Waals surface area (Å²) in [5.74, 6) is 0.664. The summed E-state index contributed by atoms with van der Waals surface area (Å²) in [5, 5.41) is 15.3. The summed E-state index contributed by atoms with van der Waals surface area (Å²) in [5.41, 5.74) is 0.616. The standard InChI is InChI=1S/C10H15N5O2S2/c1-6(2)4-15-9(8-5-18-7(3)12-8)13-14-10(15)19(11,16)17/h5-6H,4H2,1-3H3,(H2,11,16,17). The Hall–Kier alpha value is -1.32. The van der Waals surface area contributed by atoms with E-state index in [2.05, 4.69) is 15.2 Å². The van der Waals surface area contributed by atoms with Crippen LogP contribution in [0.4, 0.5) is 0 Å². The lowest BCUT2D eigenvalue weighted by Crippen LogP contribution is -2.20. The van der Waals surface area contributed by atoms with Crippen molar-refractivity contribution in [3.05, 3.63) is 10.4 Å². The van der Waals surface area contributed by atoms with Crippen LogP contribution in [0.5, 0.6) is 0 Å². The molecule has 104 valence electrons. The Morgan fingerprint density at radius 3 is 2.58 bits per heavy atom. The highest BCUT2D eigenvalue weighted by Crippen LogP contribution is 2.22. The molecular weight excluding hydrogens is 286 g/mol. The van der Waals surface area contributed by atoms with Gasteiger partial charge in [-0.1, -0.05) is 13.8 Å². The Balaban J connectivity index is 2.59. The number of thiazole rings is 1. The number of sulfonamides is 1. The highest BCUT2D eigenvalue weighted by atomic mass is 32.2. The van der Waals surface area contributed by atoms with E-state index in [0.29, 0.717) is 18.1 Å². The maximum atomic E-state index is 11.5. The lowest BCUT2D eigenvalue weighted by molar-refractivity contribution is 0.486. The van der Waals surface area contributed by atoms with Gasteiger partial charge in [0.25, 0.3) is 15.2 Å². The number of hydrogen-bond donors (Lipinski definition) is 1. The van der Waals surface area contributed by atoms with Gasteiger partial charge < -0.3 is 0 Å². The fraction of sp³-hybridized carbons (Fsp3) is 0.500. The molecule has 0 saturated heterocycles. The molecule has 0 fully saturated rings. The average molecular weight is 301 g/mol. The van der Waals surface area contributed by atoms with E-state index < -0.39 is 10.0 Å². The first kappa shape index (κ1) is 14.1. The van der Waals surface area contributed by atoms with Gasteiger partial charge in [-0.15, -0.1) is 21.5 Å². The van der Waals surface area contributed by atoms with Crippen molar-refractivity contribution in [1.82, 2.24) is 19.7 Å². The van der Waals surface area contributed by atoms with E-state index in [1.165, 1.54) is 15.9 Å². The van der Waals surface area contributed by atoms with Gasteiger partial charge in [-0.2, -0.15) is 0 Å².